The topological polar surface area (TPSA) is 102 Å². The van der Waals surface area contributed by atoms with Crippen LogP contribution in [0.15, 0.2) is 23.1 Å². The Labute approximate surface area is 162 Å². The van der Waals surface area contributed by atoms with Gasteiger partial charge >= 0.3 is 0 Å². The minimum Gasteiger partial charge on any atom is -0.492 e. The first kappa shape index (κ1) is 21.7. The van der Waals surface area contributed by atoms with Crippen LogP contribution in [-0.4, -0.2) is 44.9 Å². The molecule has 2 rings (SSSR count). The molecule has 152 valence electrons. The highest BCUT2D eigenvalue weighted by Crippen LogP contribution is 2.33. The molecule has 0 unspecified atom stereocenters. The van der Waals surface area contributed by atoms with Crippen LogP contribution in [0.2, 0.25) is 0 Å². The van der Waals surface area contributed by atoms with E-state index in [4.69, 9.17) is 10.5 Å². The van der Waals surface area contributed by atoms with E-state index < -0.39 is 15.4 Å². The smallest absolute Gasteiger partial charge is 0.246 e. The van der Waals surface area contributed by atoms with Gasteiger partial charge in [0.05, 0.1) is 12.0 Å². The number of nitrogens with one attached hydrogen (secondary N) is 1. The highest BCUT2D eigenvalue weighted by atomic mass is 32.2. The van der Waals surface area contributed by atoms with Crippen molar-refractivity contribution in [1.82, 2.24) is 4.31 Å². The van der Waals surface area contributed by atoms with E-state index in [1.807, 2.05) is 13.8 Å². The minimum atomic E-state index is -3.67. The third-order valence-corrected chi connectivity index (χ3v) is 7.33. The average Bonchev–Trinajstić information content (AvgIpc) is 3.20. The van der Waals surface area contributed by atoms with Gasteiger partial charge in [-0.15, -0.1) is 0 Å². The Morgan fingerprint density at radius 1 is 1.22 bits per heavy atom. The summed E-state index contributed by atoms with van der Waals surface area (Å²) in [6.45, 7) is 7.27. The van der Waals surface area contributed by atoms with Crippen molar-refractivity contribution in [3.8, 4) is 5.75 Å². The van der Waals surface area contributed by atoms with Crippen LogP contribution in [0.4, 0.5) is 5.69 Å². The maximum Gasteiger partial charge on any atom is 0.246 e. The molecule has 1 saturated heterocycles. The molecule has 1 heterocycles. The fraction of sp³-hybridized carbons (Fsp3) is 0.632. The van der Waals surface area contributed by atoms with Crippen molar-refractivity contribution in [2.75, 3.05) is 31.6 Å². The molecule has 0 saturated carbocycles. The first-order valence-corrected chi connectivity index (χ1v) is 11.1. The van der Waals surface area contributed by atoms with E-state index in [0.717, 1.165) is 12.8 Å². The maximum absolute atomic E-state index is 13.0. The van der Waals surface area contributed by atoms with Crippen molar-refractivity contribution in [3.63, 3.8) is 0 Å². The first-order valence-electron chi connectivity index (χ1n) is 9.63. The Morgan fingerprint density at radius 3 is 2.37 bits per heavy atom. The molecule has 27 heavy (non-hydrogen) atoms. The van der Waals surface area contributed by atoms with Gasteiger partial charge in [0, 0.05) is 25.3 Å². The number of nitrogens with zero attached hydrogens (tertiary/aromatic N) is 1. The average molecular weight is 398 g/mol. The van der Waals surface area contributed by atoms with E-state index in [1.165, 1.54) is 10.4 Å². The predicted molar refractivity (Wildman–Crippen MR) is 106 cm³/mol. The van der Waals surface area contributed by atoms with Gasteiger partial charge in [-0.2, -0.15) is 4.31 Å². The Balaban J connectivity index is 2.39. The molecule has 0 aliphatic carbocycles. The fourth-order valence-electron chi connectivity index (χ4n) is 3.35. The molecule has 1 fully saturated rings. The van der Waals surface area contributed by atoms with Crippen LogP contribution < -0.4 is 15.8 Å². The molecule has 0 aromatic heterocycles. The zero-order chi connectivity index (χ0) is 20.1. The molecule has 1 aromatic rings. The van der Waals surface area contributed by atoms with E-state index in [-0.39, 0.29) is 17.3 Å². The Morgan fingerprint density at radius 2 is 1.85 bits per heavy atom. The van der Waals surface area contributed by atoms with Gasteiger partial charge in [-0.1, -0.05) is 13.8 Å². The molecule has 1 aromatic carbocycles. The Hall–Kier alpha value is -1.64. The number of nitrogens with two attached hydrogens (primary N) is 1. The number of benzene rings is 1. The first-order chi connectivity index (χ1) is 12.8. The van der Waals surface area contributed by atoms with Crippen LogP contribution in [0.3, 0.4) is 0 Å². The minimum absolute atomic E-state index is 0.0930. The van der Waals surface area contributed by atoms with Crippen LogP contribution in [-0.2, 0) is 14.8 Å². The number of carbonyl (C=O) groups is 1. The number of hydrogen-bond acceptors (Lipinski definition) is 5. The molecule has 1 amide bonds. The van der Waals surface area contributed by atoms with E-state index in [0.29, 0.717) is 44.0 Å². The molecule has 1 aliphatic rings. The van der Waals surface area contributed by atoms with Crippen LogP contribution in [0.1, 0.15) is 46.5 Å². The van der Waals surface area contributed by atoms with Crippen molar-refractivity contribution in [1.29, 1.82) is 0 Å². The van der Waals surface area contributed by atoms with Gasteiger partial charge < -0.3 is 15.8 Å². The summed E-state index contributed by atoms with van der Waals surface area (Å²) in [4.78, 5) is 12.9. The number of ether oxygens (including phenoxy) is 1. The monoisotopic (exact) mass is 397 g/mol. The third-order valence-electron chi connectivity index (χ3n) is 5.41. The van der Waals surface area contributed by atoms with Crippen LogP contribution in [0.25, 0.3) is 0 Å². The molecule has 1 aliphatic heterocycles. The summed E-state index contributed by atoms with van der Waals surface area (Å²) >= 11 is 0. The highest BCUT2D eigenvalue weighted by Gasteiger charge is 2.34. The number of rotatable bonds is 9. The molecular formula is C19H31N3O4S. The Kier molecular flexibility index (Phi) is 7.25. The lowest BCUT2D eigenvalue weighted by atomic mass is 9.81. The standard InChI is InChI=1S/C19H31N3O4S/c1-4-19(5-2,14-20)18(23)21-15-9-10-16(26-6-3)17(13-15)27(24,25)22-11-7-8-12-22/h9-10,13H,4-8,11-12,14,20H2,1-3H3,(H,21,23). The molecule has 7 nitrogen and oxygen atoms in total. The number of carbonyl (C=O) groups excluding carboxylic acids is 1. The lowest BCUT2D eigenvalue weighted by Gasteiger charge is -2.28. The van der Waals surface area contributed by atoms with E-state index in [9.17, 15) is 13.2 Å². The van der Waals surface area contributed by atoms with Gasteiger partial charge in [0.1, 0.15) is 10.6 Å². The summed E-state index contributed by atoms with van der Waals surface area (Å²) in [6, 6.07) is 4.76. The zero-order valence-electron chi connectivity index (χ0n) is 16.5. The number of anilines is 1. The second-order valence-corrected chi connectivity index (χ2v) is 8.76. The predicted octanol–water partition coefficient (Wildman–Crippen LogP) is 2.57. The van der Waals surface area contributed by atoms with Crippen molar-refractivity contribution in [2.45, 2.75) is 51.3 Å². The molecule has 0 bridgehead atoms. The molecule has 0 radical (unpaired) electrons. The summed E-state index contributed by atoms with van der Waals surface area (Å²) in [6.07, 6.45) is 2.93. The van der Waals surface area contributed by atoms with Gasteiger partial charge in [0.25, 0.3) is 0 Å². The lowest BCUT2D eigenvalue weighted by molar-refractivity contribution is -0.125. The van der Waals surface area contributed by atoms with Crippen molar-refractivity contribution in [3.05, 3.63) is 18.2 Å². The van der Waals surface area contributed by atoms with E-state index in [2.05, 4.69) is 5.32 Å². The molecule has 0 spiro atoms. The third kappa shape index (κ3) is 4.44. The van der Waals surface area contributed by atoms with Gasteiger partial charge in [0.15, 0.2) is 0 Å². The van der Waals surface area contributed by atoms with Crippen molar-refractivity contribution >= 4 is 21.6 Å². The summed E-state index contributed by atoms with van der Waals surface area (Å²) < 4.78 is 33.1. The quantitative estimate of drug-likeness (QED) is 0.667. The van der Waals surface area contributed by atoms with Crippen LogP contribution in [0.5, 0.6) is 5.75 Å². The second-order valence-electron chi connectivity index (χ2n) is 6.85. The summed E-state index contributed by atoms with van der Waals surface area (Å²) in [5, 5.41) is 2.85. The number of sulfonamides is 1. The summed E-state index contributed by atoms with van der Waals surface area (Å²) in [5.74, 6) is 0.113. The largest absolute Gasteiger partial charge is 0.492 e. The fourth-order valence-corrected chi connectivity index (χ4v) is 5.02. The molecule has 8 heteroatoms. The van der Waals surface area contributed by atoms with Crippen molar-refractivity contribution in [2.24, 2.45) is 11.1 Å². The number of hydrogen-bond donors (Lipinski definition) is 2. The van der Waals surface area contributed by atoms with E-state index >= 15 is 0 Å². The SMILES string of the molecule is CCOc1ccc(NC(=O)C(CC)(CC)CN)cc1S(=O)(=O)N1CCCC1. The van der Waals surface area contributed by atoms with Gasteiger partial charge in [-0.05, 0) is 50.8 Å². The lowest BCUT2D eigenvalue weighted by Crippen LogP contribution is -2.41. The molecule has 0 atom stereocenters. The number of amides is 1. The van der Waals surface area contributed by atoms with Gasteiger partial charge in [-0.25, -0.2) is 8.42 Å². The van der Waals surface area contributed by atoms with E-state index in [1.54, 1.807) is 19.1 Å². The second kappa shape index (κ2) is 9.03. The van der Waals surface area contributed by atoms with Crippen molar-refractivity contribution < 1.29 is 17.9 Å². The van der Waals surface area contributed by atoms with Crippen LogP contribution >= 0.6 is 0 Å². The Bertz CT molecular complexity index is 746. The maximum atomic E-state index is 13.0. The van der Waals surface area contributed by atoms with Gasteiger partial charge in [-0.3, -0.25) is 4.79 Å². The summed E-state index contributed by atoms with van der Waals surface area (Å²) in [7, 11) is -3.67. The summed E-state index contributed by atoms with van der Waals surface area (Å²) in [5.41, 5.74) is 5.62. The van der Waals surface area contributed by atoms with Crippen LogP contribution in [0, 0.1) is 5.41 Å². The normalized spacial score (nSPS) is 15.7. The molecular weight excluding hydrogens is 366 g/mol. The molecule has 3 N–H and O–H groups in total. The van der Waals surface area contributed by atoms with Gasteiger partial charge in [0.2, 0.25) is 15.9 Å². The highest BCUT2D eigenvalue weighted by molar-refractivity contribution is 7.89. The zero-order valence-corrected chi connectivity index (χ0v) is 17.3.